The number of aromatic carboxylic acids is 1. The minimum Gasteiger partial charge on any atom is -0.478 e. The Morgan fingerprint density at radius 1 is 1.30 bits per heavy atom. The van der Waals surface area contributed by atoms with Gasteiger partial charge < -0.3 is 10.4 Å². The molecule has 4 nitrogen and oxygen atoms in total. The van der Waals surface area contributed by atoms with Crippen LogP contribution in [0.3, 0.4) is 0 Å². The third-order valence-electron chi connectivity index (χ3n) is 3.39. The number of nitrogens with zero attached hydrogens (tertiary/aromatic N) is 1. The summed E-state index contributed by atoms with van der Waals surface area (Å²) in [7, 11) is 0. The fourth-order valence-corrected chi connectivity index (χ4v) is 2.34. The van der Waals surface area contributed by atoms with Crippen molar-refractivity contribution in [3.63, 3.8) is 0 Å². The largest absolute Gasteiger partial charge is 0.478 e. The summed E-state index contributed by atoms with van der Waals surface area (Å²) >= 11 is 0. The molecule has 1 aliphatic rings. The standard InChI is InChI=1S/C13H15F3N2O2/c14-13(15,16)8-6-10(12(19)20)11(17-7-8)18-9-4-2-1-3-5-9/h6-7,9H,1-5H2,(H,17,18)(H,19,20). The summed E-state index contributed by atoms with van der Waals surface area (Å²) in [5.41, 5.74) is -1.49. The van der Waals surface area contributed by atoms with E-state index in [1.165, 1.54) is 0 Å². The summed E-state index contributed by atoms with van der Waals surface area (Å²) in [6, 6.07) is 0.701. The Balaban J connectivity index is 2.25. The molecule has 0 saturated heterocycles. The number of anilines is 1. The highest BCUT2D eigenvalue weighted by atomic mass is 19.4. The van der Waals surface area contributed by atoms with Crippen molar-refractivity contribution in [1.29, 1.82) is 0 Å². The maximum absolute atomic E-state index is 12.6. The molecular weight excluding hydrogens is 273 g/mol. The van der Waals surface area contributed by atoms with E-state index < -0.39 is 23.3 Å². The first-order chi connectivity index (χ1) is 9.38. The zero-order valence-electron chi connectivity index (χ0n) is 10.7. The van der Waals surface area contributed by atoms with Crippen LogP contribution in [0.15, 0.2) is 12.3 Å². The second-order valence-corrected chi connectivity index (χ2v) is 4.90. The summed E-state index contributed by atoms with van der Waals surface area (Å²) in [6.45, 7) is 0. The normalized spacial score (nSPS) is 16.9. The first-order valence-electron chi connectivity index (χ1n) is 6.45. The van der Waals surface area contributed by atoms with E-state index >= 15 is 0 Å². The molecule has 2 N–H and O–H groups in total. The molecular formula is C13H15F3N2O2. The predicted molar refractivity (Wildman–Crippen MR) is 66.7 cm³/mol. The van der Waals surface area contributed by atoms with Gasteiger partial charge in [-0.3, -0.25) is 0 Å². The van der Waals surface area contributed by atoms with E-state index in [0.29, 0.717) is 12.3 Å². The van der Waals surface area contributed by atoms with Gasteiger partial charge in [0.2, 0.25) is 0 Å². The zero-order valence-corrected chi connectivity index (χ0v) is 10.7. The topological polar surface area (TPSA) is 62.2 Å². The summed E-state index contributed by atoms with van der Waals surface area (Å²) in [5, 5.41) is 12.0. The predicted octanol–water partition coefficient (Wildman–Crippen LogP) is 3.54. The number of carboxylic acids is 1. The Bertz CT molecular complexity index is 497. The Morgan fingerprint density at radius 2 is 1.95 bits per heavy atom. The maximum Gasteiger partial charge on any atom is 0.417 e. The monoisotopic (exact) mass is 288 g/mol. The average Bonchev–Trinajstić information content (AvgIpc) is 2.38. The molecule has 0 bridgehead atoms. The van der Waals surface area contributed by atoms with Gasteiger partial charge in [-0.1, -0.05) is 19.3 Å². The Kier molecular flexibility index (Phi) is 4.15. The number of hydrogen-bond donors (Lipinski definition) is 2. The van der Waals surface area contributed by atoms with Gasteiger partial charge in [0.1, 0.15) is 11.4 Å². The SMILES string of the molecule is O=C(O)c1cc(C(F)(F)F)cnc1NC1CCCCC1. The molecule has 0 amide bonds. The minimum atomic E-state index is -4.60. The summed E-state index contributed by atoms with van der Waals surface area (Å²) in [6.07, 6.45) is 1.01. The smallest absolute Gasteiger partial charge is 0.417 e. The summed E-state index contributed by atoms with van der Waals surface area (Å²) < 4.78 is 37.7. The number of carbonyl (C=O) groups is 1. The van der Waals surface area contributed by atoms with Crippen molar-refractivity contribution in [3.8, 4) is 0 Å². The number of halogens is 3. The van der Waals surface area contributed by atoms with E-state index in [0.717, 1.165) is 32.1 Å². The lowest BCUT2D eigenvalue weighted by atomic mass is 9.95. The molecule has 110 valence electrons. The highest BCUT2D eigenvalue weighted by molar-refractivity contribution is 5.93. The third kappa shape index (κ3) is 3.40. The van der Waals surface area contributed by atoms with Gasteiger partial charge in [-0.25, -0.2) is 9.78 Å². The number of rotatable bonds is 3. The van der Waals surface area contributed by atoms with Gasteiger partial charge in [-0.2, -0.15) is 13.2 Å². The summed E-state index contributed by atoms with van der Waals surface area (Å²) in [4.78, 5) is 14.7. The Morgan fingerprint density at radius 3 is 2.50 bits per heavy atom. The molecule has 7 heteroatoms. The number of nitrogens with one attached hydrogen (secondary N) is 1. The van der Waals surface area contributed by atoms with Crippen LogP contribution in [-0.2, 0) is 6.18 Å². The number of aromatic nitrogens is 1. The van der Waals surface area contributed by atoms with Crippen molar-refractivity contribution < 1.29 is 23.1 Å². The fraction of sp³-hybridized carbons (Fsp3) is 0.538. The van der Waals surface area contributed by atoms with Crippen LogP contribution < -0.4 is 5.32 Å². The van der Waals surface area contributed by atoms with Crippen LogP contribution in [0.25, 0.3) is 0 Å². The van der Waals surface area contributed by atoms with Gasteiger partial charge in [0.25, 0.3) is 0 Å². The lowest BCUT2D eigenvalue weighted by Crippen LogP contribution is -2.24. The van der Waals surface area contributed by atoms with E-state index in [1.54, 1.807) is 0 Å². The number of pyridine rings is 1. The molecule has 0 spiro atoms. The van der Waals surface area contributed by atoms with Crippen molar-refractivity contribution >= 4 is 11.8 Å². The van der Waals surface area contributed by atoms with E-state index in [4.69, 9.17) is 5.11 Å². The lowest BCUT2D eigenvalue weighted by molar-refractivity contribution is -0.137. The molecule has 1 aromatic heterocycles. The van der Waals surface area contributed by atoms with Crippen molar-refractivity contribution in [1.82, 2.24) is 4.98 Å². The van der Waals surface area contributed by atoms with E-state index in [9.17, 15) is 18.0 Å². The first kappa shape index (κ1) is 14.6. The van der Waals surface area contributed by atoms with Gasteiger partial charge in [-0.05, 0) is 18.9 Å². The van der Waals surface area contributed by atoms with Crippen LogP contribution in [0, 0.1) is 0 Å². The molecule has 1 heterocycles. The Hall–Kier alpha value is -1.79. The van der Waals surface area contributed by atoms with E-state index in [-0.39, 0.29) is 11.9 Å². The van der Waals surface area contributed by atoms with Crippen LogP contribution in [0.4, 0.5) is 19.0 Å². The first-order valence-corrected chi connectivity index (χ1v) is 6.45. The fourth-order valence-electron chi connectivity index (χ4n) is 2.34. The molecule has 0 aromatic carbocycles. The second kappa shape index (κ2) is 5.68. The highest BCUT2D eigenvalue weighted by Gasteiger charge is 2.32. The molecule has 2 rings (SSSR count). The van der Waals surface area contributed by atoms with Gasteiger partial charge in [0.05, 0.1) is 5.56 Å². The van der Waals surface area contributed by atoms with Crippen LogP contribution in [0.2, 0.25) is 0 Å². The molecule has 1 saturated carbocycles. The number of alkyl halides is 3. The van der Waals surface area contributed by atoms with Gasteiger partial charge in [0, 0.05) is 12.2 Å². The summed E-state index contributed by atoms with van der Waals surface area (Å²) in [5.74, 6) is -1.40. The molecule has 0 atom stereocenters. The Labute approximate surface area is 114 Å². The van der Waals surface area contributed by atoms with Gasteiger partial charge in [-0.15, -0.1) is 0 Å². The van der Waals surface area contributed by atoms with Crippen LogP contribution in [0.1, 0.15) is 48.0 Å². The third-order valence-corrected chi connectivity index (χ3v) is 3.39. The van der Waals surface area contributed by atoms with E-state index in [1.807, 2.05) is 0 Å². The molecule has 0 unspecified atom stereocenters. The molecule has 0 aliphatic heterocycles. The number of hydrogen-bond acceptors (Lipinski definition) is 3. The van der Waals surface area contributed by atoms with Crippen LogP contribution in [-0.4, -0.2) is 22.1 Å². The molecule has 1 aromatic rings. The minimum absolute atomic E-state index is 0.0115. The van der Waals surface area contributed by atoms with Crippen LogP contribution >= 0.6 is 0 Å². The average molecular weight is 288 g/mol. The quantitative estimate of drug-likeness (QED) is 0.893. The molecule has 0 radical (unpaired) electrons. The molecule has 1 aliphatic carbocycles. The molecule has 20 heavy (non-hydrogen) atoms. The molecule has 1 fully saturated rings. The zero-order chi connectivity index (χ0) is 14.8. The van der Waals surface area contributed by atoms with Crippen molar-refractivity contribution in [3.05, 3.63) is 23.4 Å². The number of carboxylic acid groups (broad SMARTS) is 1. The second-order valence-electron chi connectivity index (χ2n) is 4.90. The maximum atomic E-state index is 12.6. The lowest BCUT2D eigenvalue weighted by Gasteiger charge is -2.24. The van der Waals surface area contributed by atoms with Gasteiger partial charge >= 0.3 is 12.1 Å². The van der Waals surface area contributed by atoms with Crippen molar-refractivity contribution in [2.75, 3.05) is 5.32 Å². The highest BCUT2D eigenvalue weighted by Crippen LogP contribution is 2.31. The van der Waals surface area contributed by atoms with Crippen molar-refractivity contribution in [2.24, 2.45) is 0 Å². The van der Waals surface area contributed by atoms with Gasteiger partial charge in [0.15, 0.2) is 0 Å². The van der Waals surface area contributed by atoms with E-state index in [2.05, 4.69) is 10.3 Å². The van der Waals surface area contributed by atoms with Crippen LogP contribution in [0.5, 0.6) is 0 Å². The van der Waals surface area contributed by atoms with Crippen molar-refractivity contribution in [2.45, 2.75) is 44.3 Å².